The topological polar surface area (TPSA) is 72.5 Å². The minimum Gasteiger partial charge on any atom is -0.493 e. The van der Waals surface area contributed by atoms with E-state index in [2.05, 4.69) is 15.1 Å². The molecule has 0 radical (unpaired) electrons. The Labute approximate surface area is 214 Å². The van der Waals surface area contributed by atoms with Crippen LogP contribution in [-0.4, -0.2) is 75.7 Å². The third-order valence-corrected chi connectivity index (χ3v) is 7.20. The number of hydrogen-bond donors (Lipinski definition) is 1. The molecule has 4 aliphatic rings. The van der Waals surface area contributed by atoms with Gasteiger partial charge in [0.1, 0.15) is 0 Å². The summed E-state index contributed by atoms with van der Waals surface area (Å²) >= 11 is 0. The van der Waals surface area contributed by atoms with E-state index in [1.165, 1.54) is 0 Å². The van der Waals surface area contributed by atoms with Gasteiger partial charge in [-0.05, 0) is 37.2 Å². The first-order valence-corrected chi connectivity index (χ1v) is 11.2. The van der Waals surface area contributed by atoms with Gasteiger partial charge in [0.2, 0.25) is 5.67 Å². The molecule has 1 unspecified atom stereocenters. The van der Waals surface area contributed by atoms with Crippen molar-refractivity contribution in [1.29, 1.82) is 0 Å². The number of amides is 1. The maximum absolute atomic E-state index is 15.4. The normalized spacial score (nSPS) is 24.7. The Kier molecular flexibility index (Phi) is 6.56. The summed E-state index contributed by atoms with van der Waals surface area (Å²) in [6.07, 6.45) is 2.96. The standard InChI is InChI=1S/C22H27F3N5O2.U/c1-13(14-3-4-14)28-7-9-29(10-8-28)20(32)22(25)11-30(12-22)16-6-5-15-17(21(2,23)24)19(31)27-26-18(15)16;/h1,14,16H,3-12H2,2H3,(H,27,31);/q-1;. The fraction of sp³-hybridized carbons (Fsp3) is 0.682. The smallest absolute Gasteiger partial charge is 0.276 e. The van der Waals surface area contributed by atoms with Crippen molar-refractivity contribution in [3.05, 3.63) is 39.5 Å². The SMILES string of the molecule is [CH-]=C(C1CC1)N1CCN(C(=O)C2(F)CN(C3CCc4c3n[nH]c(=O)c4C(C)(F)F)C2)CC1.[U]. The Bertz CT molecular complexity index is 1010. The molecule has 11 heteroatoms. The van der Waals surface area contributed by atoms with Crippen molar-refractivity contribution in [2.75, 3.05) is 39.3 Å². The van der Waals surface area contributed by atoms with Crippen LogP contribution in [0.3, 0.4) is 0 Å². The van der Waals surface area contributed by atoms with Gasteiger partial charge in [-0.25, -0.2) is 18.3 Å². The summed E-state index contributed by atoms with van der Waals surface area (Å²) < 4.78 is 43.4. The average molecular weight is 689 g/mol. The number of hydrogen-bond acceptors (Lipinski definition) is 5. The van der Waals surface area contributed by atoms with E-state index in [1.54, 1.807) is 9.80 Å². The molecule has 5 rings (SSSR count). The van der Waals surface area contributed by atoms with Gasteiger partial charge in [0.25, 0.3) is 17.4 Å². The van der Waals surface area contributed by atoms with Gasteiger partial charge < -0.3 is 16.4 Å². The molecule has 3 heterocycles. The first-order chi connectivity index (χ1) is 15.1. The number of aromatic amines is 1. The van der Waals surface area contributed by atoms with E-state index in [0.717, 1.165) is 18.5 Å². The van der Waals surface area contributed by atoms with E-state index in [-0.39, 0.29) is 62.2 Å². The molecule has 0 bridgehead atoms. The number of piperazine rings is 1. The van der Waals surface area contributed by atoms with Crippen LogP contribution >= 0.6 is 0 Å². The second kappa shape index (κ2) is 8.72. The number of H-pyrrole nitrogens is 1. The van der Waals surface area contributed by atoms with Gasteiger partial charge in [0.05, 0.1) is 17.3 Å². The van der Waals surface area contributed by atoms with Gasteiger partial charge in [-0.2, -0.15) is 10.8 Å². The molecule has 2 saturated heterocycles. The van der Waals surface area contributed by atoms with Crippen molar-refractivity contribution in [2.45, 2.75) is 50.2 Å². The second-order valence-corrected chi connectivity index (χ2v) is 9.58. The van der Waals surface area contributed by atoms with Crippen LogP contribution in [0.2, 0.25) is 0 Å². The number of aromatic nitrogens is 2. The molecule has 1 N–H and O–H groups in total. The first kappa shape index (κ1) is 24.8. The summed E-state index contributed by atoms with van der Waals surface area (Å²) in [6, 6.07) is -0.385. The van der Waals surface area contributed by atoms with E-state index < -0.39 is 28.6 Å². The van der Waals surface area contributed by atoms with E-state index in [0.29, 0.717) is 51.1 Å². The number of fused-ring (bicyclic) bond motifs is 1. The predicted octanol–water partition coefficient (Wildman–Crippen LogP) is 1.76. The molecular weight excluding hydrogens is 661 g/mol. The average Bonchev–Trinajstić information content (AvgIpc) is 3.49. The zero-order valence-corrected chi connectivity index (χ0v) is 22.7. The van der Waals surface area contributed by atoms with Crippen molar-refractivity contribution in [2.24, 2.45) is 5.92 Å². The van der Waals surface area contributed by atoms with Crippen LogP contribution in [0.25, 0.3) is 0 Å². The molecule has 1 saturated carbocycles. The zero-order valence-electron chi connectivity index (χ0n) is 18.5. The van der Waals surface area contributed by atoms with E-state index in [9.17, 15) is 18.4 Å². The Balaban J connectivity index is 0.00000259. The maximum atomic E-state index is 15.4. The minimum atomic E-state index is -3.28. The number of alkyl halides is 3. The van der Waals surface area contributed by atoms with E-state index in [4.69, 9.17) is 6.58 Å². The largest absolute Gasteiger partial charge is 0.493 e. The van der Waals surface area contributed by atoms with Gasteiger partial charge >= 0.3 is 0 Å². The predicted molar refractivity (Wildman–Crippen MR) is 110 cm³/mol. The number of nitrogens with zero attached hydrogens (tertiary/aromatic N) is 4. The van der Waals surface area contributed by atoms with Gasteiger partial charge in [-0.15, -0.1) is 0 Å². The molecular formula is C22H27F3N5O2U-. The molecule has 178 valence electrons. The zero-order chi connectivity index (χ0) is 22.8. The molecule has 1 atom stereocenters. The molecule has 1 amide bonds. The third kappa shape index (κ3) is 4.41. The molecule has 1 aromatic heterocycles. The van der Waals surface area contributed by atoms with E-state index in [1.807, 2.05) is 0 Å². The van der Waals surface area contributed by atoms with Crippen molar-refractivity contribution < 1.29 is 49.1 Å². The molecule has 0 aromatic carbocycles. The Morgan fingerprint density at radius 1 is 1.15 bits per heavy atom. The summed E-state index contributed by atoms with van der Waals surface area (Å²) in [5, 5.41) is 6.16. The Morgan fingerprint density at radius 2 is 1.76 bits per heavy atom. The summed E-state index contributed by atoms with van der Waals surface area (Å²) in [5.74, 6) is -3.35. The number of carbonyl (C=O) groups excluding carboxylic acids is 1. The van der Waals surface area contributed by atoms with Crippen LogP contribution in [0, 0.1) is 43.6 Å². The van der Waals surface area contributed by atoms with Crippen LogP contribution in [0.5, 0.6) is 0 Å². The number of allylic oxidation sites excluding steroid dienone is 1. The number of likely N-dealkylation sites (tertiary alicyclic amines) is 1. The molecule has 3 fully saturated rings. The van der Waals surface area contributed by atoms with E-state index >= 15 is 4.39 Å². The maximum Gasteiger partial charge on any atom is 0.276 e. The molecule has 1 aromatic rings. The molecule has 33 heavy (non-hydrogen) atoms. The van der Waals surface area contributed by atoms with Gasteiger partial charge in [0.15, 0.2) is 0 Å². The molecule has 2 aliphatic carbocycles. The summed E-state index contributed by atoms with van der Waals surface area (Å²) in [7, 11) is 0. The van der Waals surface area contributed by atoms with Gasteiger partial charge in [-0.3, -0.25) is 14.5 Å². The number of halogens is 3. The Morgan fingerprint density at radius 3 is 2.33 bits per heavy atom. The van der Waals surface area contributed by atoms with Gasteiger partial charge in [-0.1, -0.05) is 0 Å². The fourth-order valence-corrected chi connectivity index (χ4v) is 5.31. The van der Waals surface area contributed by atoms with Crippen LogP contribution < -0.4 is 5.56 Å². The third-order valence-electron chi connectivity index (χ3n) is 7.20. The number of rotatable bonds is 5. The Hall–Kier alpha value is -1.31. The first-order valence-electron chi connectivity index (χ1n) is 11.2. The van der Waals surface area contributed by atoms with Crippen molar-refractivity contribution >= 4 is 5.91 Å². The second-order valence-electron chi connectivity index (χ2n) is 9.58. The monoisotopic (exact) mass is 688 g/mol. The van der Waals surface area contributed by atoms with Crippen LogP contribution in [0.15, 0.2) is 10.5 Å². The summed E-state index contributed by atoms with van der Waals surface area (Å²) in [5.41, 5.74) is -1.96. The van der Waals surface area contributed by atoms with Crippen LogP contribution in [0.4, 0.5) is 13.2 Å². The van der Waals surface area contributed by atoms with Crippen LogP contribution in [0.1, 0.15) is 49.0 Å². The van der Waals surface area contributed by atoms with Crippen molar-refractivity contribution in [3.8, 4) is 0 Å². The van der Waals surface area contributed by atoms with Crippen molar-refractivity contribution in [3.63, 3.8) is 0 Å². The van der Waals surface area contributed by atoms with Gasteiger partial charge in [0, 0.05) is 77.3 Å². The van der Waals surface area contributed by atoms with Crippen molar-refractivity contribution in [1.82, 2.24) is 24.9 Å². The molecule has 7 nitrogen and oxygen atoms in total. The quantitative estimate of drug-likeness (QED) is 0.478. The fourth-order valence-electron chi connectivity index (χ4n) is 5.31. The summed E-state index contributed by atoms with van der Waals surface area (Å²) in [6.45, 7) is 8.71. The number of nitrogens with one attached hydrogen (secondary N) is 1. The summed E-state index contributed by atoms with van der Waals surface area (Å²) in [4.78, 5) is 30.2. The number of carbonyl (C=O) groups is 1. The minimum absolute atomic E-state index is 0. The van der Waals surface area contributed by atoms with Crippen LogP contribution in [-0.2, 0) is 17.1 Å². The molecule has 2 aliphatic heterocycles. The molecule has 0 spiro atoms.